The maximum absolute atomic E-state index is 12.5. The van der Waals surface area contributed by atoms with Crippen molar-refractivity contribution in [2.45, 2.75) is 0 Å². The molecule has 74 valence electrons. The zero-order valence-corrected chi connectivity index (χ0v) is 8.20. The van der Waals surface area contributed by atoms with Crippen molar-refractivity contribution >= 4 is 12.0 Å². The molecule has 0 radical (unpaired) electrons. The monoisotopic (exact) mass is 193 g/mol. The van der Waals surface area contributed by atoms with Crippen LogP contribution in [0.1, 0.15) is 5.56 Å². The lowest BCUT2D eigenvalue weighted by Gasteiger charge is -2.04. The number of hydrogen-bond donors (Lipinski definition) is 0. The second-order valence-corrected chi connectivity index (χ2v) is 3.12. The molecule has 1 aromatic rings. The third kappa shape index (κ3) is 3.01. The molecule has 0 aliphatic heterocycles. The molecule has 0 saturated carbocycles. The van der Waals surface area contributed by atoms with Gasteiger partial charge in [0.15, 0.2) is 0 Å². The third-order valence-corrected chi connectivity index (χ3v) is 1.73. The van der Waals surface area contributed by atoms with E-state index in [9.17, 15) is 9.18 Å². The van der Waals surface area contributed by atoms with E-state index in [0.717, 1.165) is 5.56 Å². The van der Waals surface area contributed by atoms with Gasteiger partial charge in [0, 0.05) is 20.2 Å². The molecule has 0 unspecified atom stereocenters. The fourth-order valence-corrected chi connectivity index (χ4v) is 0.890. The lowest BCUT2D eigenvalue weighted by atomic mass is 10.2. The van der Waals surface area contributed by atoms with Crippen LogP contribution >= 0.6 is 0 Å². The van der Waals surface area contributed by atoms with Gasteiger partial charge in [-0.25, -0.2) is 4.39 Å². The van der Waals surface area contributed by atoms with E-state index in [0.29, 0.717) is 0 Å². The molecule has 0 heterocycles. The Hall–Kier alpha value is -1.64. The van der Waals surface area contributed by atoms with Gasteiger partial charge in [-0.15, -0.1) is 0 Å². The van der Waals surface area contributed by atoms with Crippen LogP contribution in [0.5, 0.6) is 0 Å². The summed E-state index contributed by atoms with van der Waals surface area (Å²) in [5, 5.41) is 0. The second kappa shape index (κ2) is 4.56. The number of hydrogen-bond acceptors (Lipinski definition) is 1. The predicted octanol–water partition coefficient (Wildman–Crippen LogP) is 1.93. The molecular weight excluding hydrogens is 181 g/mol. The highest BCUT2D eigenvalue weighted by atomic mass is 19.1. The zero-order valence-electron chi connectivity index (χ0n) is 8.20. The number of carbonyl (C=O) groups is 1. The van der Waals surface area contributed by atoms with Crippen molar-refractivity contribution in [1.82, 2.24) is 4.90 Å². The van der Waals surface area contributed by atoms with E-state index in [4.69, 9.17) is 0 Å². The van der Waals surface area contributed by atoms with Crippen LogP contribution < -0.4 is 0 Å². The van der Waals surface area contributed by atoms with Crippen LogP contribution in [0.2, 0.25) is 0 Å². The Morgan fingerprint density at radius 2 is 1.86 bits per heavy atom. The molecule has 2 nitrogen and oxygen atoms in total. The van der Waals surface area contributed by atoms with Crippen molar-refractivity contribution < 1.29 is 9.18 Å². The third-order valence-electron chi connectivity index (χ3n) is 1.73. The van der Waals surface area contributed by atoms with Crippen molar-refractivity contribution in [2.75, 3.05) is 14.1 Å². The number of halogens is 1. The Balaban J connectivity index is 2.69. The van der Waals surface area contributed by atoms with Gasteiger partial charge in [-0.05, 0) is 23.8 Å². The van der Waals surface area contributed by atoms with Crippen LogP contribution in [0.4, 0.5) is 4.39 Å². The summed E-state index contributed by atoms with van der Waals surface area (Å²) in [6, 6.07) is 5.96. The SMILES string of the molecule is CN(C)C(=O)/C=C/c1ccc(F)cc1. The van der Waals surface area contributed by atoms with Crippen LogP contribution in [0, 0.1) is 5.82 Å². The largest absolute Gasteiger partial charge is 0.345 e. The van der Waals surface area contributed by atoms with E-state index < -0.39 is 0 Å². The van der Waals surface area contributed by atoms with Gasteiger partial charge in [0.05, 0.1) is 0 Å². The van der Waals surface area contributed by atoms with Gasteiger partial charge >= 0.3 is 0 Å². The van der Waals surface area contributed by atoms with Gasteiger partial charge in [0.25, 0.3) is 0 Å². The Morgan fingerprint density at radius 3 is 2.36 bits per heavy atom. The molecule has 0 spiro atoms. The van der Waals surface area contributed by atoms with Crippen LogP contribution in [-0.4, -0.2) is 24.9 Å². The molecule has 0 fully saturated rings. The van der Waals surface area contributed by atoms with Crippen molar-refractivity contribution in [3.63, 3.8) is 0 Å². The summed E-state index contributed by atoms with van der Waals surface area (Å²) < 4.78 is 12.5. The summed E-state index contributed by atoms with van der Waals surface area (Å²) >= 11 is 0. The number of likely N-dealkylation sites (N-methyl/N-ethyl adjacent to an activating group) is 1. The summed E-state index contributed by atoms with van der Waals surface area (Å²) in [6.45, 7) is 0. The standard InChI is InChI=1S/C11H12FNO/c1-13(2)11(14)8-5-9-3-6-10(12)7-4-9/h3-8H,1-2H3/b8-5+. The van der Waals surface area contributed by atoms with E-state index in [1.807, 2.05) is 0 Å². The molecule has 1 aromatic carbocycles. The first kappa shape index (κ1) is 10.4. The Bertz CT molecular complexity index is 341. The van der Waals surface area contributed by atoms with Gasteiger partial charge in [0.1, 0.15) is 5.82 Å². The molecule has 0 bridgehead atoms. The van der Waals surface area contributed by atoms with Gasteiger partial charge in [-0.1, -0.05) is 12.1 Å². The highest BCUT2D eigenvalue weighted by molar-refractivity contribution is 5.91. The van der Waals surface area contributed by atoms with E-state index in [-0.39, 0.29) is 11.7 Å². The summed E-state index contributed by atoms with van der Waals surface area (Å²) in [5.74, 6) is -0.365. The number of benzene rings is 1. The fourth-order valence-electron chi connectivity index (χ4n) is 0.890. The lowest BCUT2D eigenvalue weighted by molar-refractivity contribution is -0.123. The lowest BCUT2D eigenvalue weighted by Crippen LogP contribution is -2.18. The summed E-state index contributed by atoms with van der Waals surface area (Å²) in [4.78, 5) is 12.6. The minimum Gasteiger partial charge on any atom is -0.345 e. The topological polar surface area (TPSA) is 20.3 Å². The van der Waals surface area contributed by atoms with Crippen molar-refractivity contribution in [3.8, 4) is 0 Å². The molecule has 0 aromatic heterocycles. The number of nitrogens with zero attached hydrogens (tertiary/aromatic N) is 1. The average molecular weight is 193 g/mol. The summed E-state index contributed by atoms with van der Waals surface area (Å²) in [6.07, 6.45) is 3.11. The van der Waals surface area contributed by atoms with E-state index in [2.05, 4.69) is 0 Å². The van der Waals surface area contributed by atoms with Crippen LogP contribution in [-0.2, 0) is 4.79 Å². The number of amides is 1. The highest BCUT2D eigenvalue weighted by Gasteiger charge is 1.96. The summed E-state index contributed by atoms with van der Waals surface area (Å²) in [5.41, 5.74) is 0.807. The van der Waals surface area contributed by atoms with Crippen LogP contribution in [0.25, 0.3) is 6.08 Å². The molecule has 0 atom stereocenters. The maximum Gasteiger partial charge on any atom is 0.246 e. The summed E-state index contributed by atoms with van der Waals surface area (Å²) in [7, 11) is 3.36. The van der Waals surface area contributed by atoms with E-state index in [1.54, 1.807) is 32.3 Å². The predicted molar refractivity (Wildman–Crippen MR) is 54.1 cm³/mol. The number of carbonyl (C=O) groups excluding carboxylic acids is 1. The molecule has 14 heavy (non-hydrogen) atoms. The van der Waals surface area contributed by atoms with Crippen molar-refractivity contribution in [1.29, 1.82) is 0 Å². The van der Waals surface area contributed by atoms with Gasteiger partial charge < -0.3 is 4.90 Å². The van der Waals surface area contributed by atoms with Crippen molar-refractivity contribution in [3.05, 3.63) is 41.7 Å². The Morgan fingerprint density at radius 1 is 1.29 bits per heavy atom. The minimum atomic E-state index is -0.277. The quantitative estimate of drug-likeness (QED) is 0.657. The molecule has 0 N–H and O–H groups in total. The minimum absolute atomic E-state index is 0.0886. The fraction of sp³-hybridized carbons (Fsp3) is 0.182. The van der Waals surface area contributed by atoms with Gasteiger partial charge in [0.2, 0.25) is 5.91 Å². The maximum atomic E-state index is 12.5. The van der Waals surface area contributed by atoms with Gasteiger partial charge in [-0.3, -0.25) is 4.79 Å². The van der Waals surface area contributed by atoms with Gasteiger partial charge in [-0.2, -0.15) is 0 Å². The first-order valence-electron chi connectivity index (χ1n) is 4.24. The molecule has 0 saturated heterocycles. The first-order chi connectivity index (χ1) is 6.59. The zero-order chi connectivity index (χ0) is 10.6. The smallest absolute Gasteiger partial charge is 0.246 e. The number of rotatable bonds is 2. The molecule has 1 rings (SSSR count). The molecule has 3 heteroatoms. The Kier molecular flexibility index (Phi) is 3.40. The van der Waals surface area contributed by atoms with E-state index >= 15 is 0 Å². The van der Waals surface area contributed by atoms with Crippen LogP contribution in [0.15, 0.2) is 30.3 Å². The molecular formula is C11H12FNO. The normalized spacial score (nSPS) is 10.5. The molecule has 0 aliphatic carbocycles. The average Bonchev–Trinajstić information content (AvgIpc) is 2.16. The van der Waals surface area contributed by atoms with Crippen molar-refractivity contribution in [2.24, 2.45) is 0 Å². The van der Waals surface area contributed by atoms with Crippen LogP contribution in [0.3, 0.4) is 0 Å². The first-order valence-corrected chi connectivity index (χ1v) is 4.24. The molecule has 0 aliphatic rings. The molecule has 1 amide bonds. The Labute approximate surface area is 82.7 Å². The van der Waals surface area contributed by atoms with E-state index in [1.165, 1.54) is 23.1 Å². The highest BCUT2D eigenvalue weighted by Crippen LogP contribution is 2.04. The second-order valence-electron chi connectivity index (χ2n) is 3.12.